The van der Waals surface area contributed by atoms with Gasteiger partial charge in [-0.25, -0.2) is 4.79 Å². The summed E-state index contributed by atoms with van der Waals surface area (Å²) in [6, 6.07) is 19.9. The standard InChI is InChI=1S/C29H28N4O3/c1-18-8-11-21(12-9-18)16-30-25(34)17-32-26-23-15-20(3)10-13-24(23)31(4)27(26)28(35)33(29(32)36)22-7-5-6-19(2)14-22/h5-15,27H,16-17H2,1-4H3/p+1. The summed E-state index contributed by atoms with van der Waals surface area (Å²) in [6.07, 6.45) is 0. The van der Waals surface area contributed by atoms with E-state index in [1.54, 1.807) is 6.07 Å². The second-order valence-corrected chi connectivity index (χ2v) is 9.56. The predicted molar refractivity (Wildman–Crippen MR) is 140 cm³/mol. The molecule has 5 rings (SSSR count). The number of fused-ring (bicyclic) bond motifs is 3. The van der Waals surface area contributed by atoms with E-state index in [-0.39, 0.29) is 18.4 Å². The summed E-state index contributed by atoms with van der Waals surface area (Å²) in [5.74, 6) is -0.620. The van der Waals surface area contributed by atoms with Crippen LogP contribution in [0.4, 0.5) is 16.2 Å². The van der Waals surface area contributed by atoms with E-state index in [0.29, 0.717) is 17.9 Å². The highest BCUT2D eigenvalue weighted by Gasteiger charge is 2.55. The number of amides is 4. The summed E-state index contributed by atoms with van der Waals surface area (Å²) in [5, 5.41) is 2.92. The van der Waals surface area contributed by atoms with E-state index < -0.39 is 12.1 Å². The largest absolute Gasteiger partial charge is 0.506 e. The molecular formula is C29H29N4O3+. The van der Waals surface area contributed by atoms with Gasteiger partial charge >= 0.3 is 11.9 Å². The van der Waals surface area contributed by atoms with E-state index in [1.807, 2.05) is 93.4 Å². The molecule has 1 N–H and O–H groups in total. The highest BCUT2D eigenvalue weighted by atomic mass is 16.2. The van der Waals surface area contributed by atoms with E-state index in [4.69, 9.17) is 0 Å². The van der Waals surface area contributed by atoms with E-state index in [1.165, 1.54) is 9.48 Å². The average Bonchev–Trinajstić information content (AvgIpc) is 3.13. The van der Waals surface area contributed by atoms with Gasteiger partial charge in [0.05, 0.1) is 0 Å². The number of aryl methyl sites for hydroxylation is 3. The maximum Gasteiger partial charge on any atom is 0.506 e. The van der Waals surface area contributed by atoms with Gasteiger partial charge in [-0.1, -0.05) is 53.6 Å². The summed E-state index contributed by atoms with van der Waals surface area (Å²) in [5.41, 5.74) is 6.78. The van der Waals surface area contributed by atoms with Gasteiger partial charge in [-0.05, 0) is 56.2 Å². The lowest BCUT2D eigenvalue weighted by molar-refractivity contribution is -0.416. The van der Waals surface area contributed by atoms with Crippen LogP contribution in [0, 0.1) is 20.8 Å². The van der Waals surface area contributed by atoms with Crippen LogP contribution in [0.2, 0.25) is 0 Å². The highest BCUT2D eigenvalue weighted by Crippen LogP contribution is 2.36. The molecule has 182 valence electrons. The number of imide groups is 1. The first-order chi connectivity index (χ1) is 17.2. The Morgan fingerprint density at radius 2 is 1.61 bits per heavy atom. The molecule has 0 fully saturated rings. The Hall–Kier alpha value is -4.26. The minimum Gasteiger partial charge on any atom is -0.354 e. The quantitative estimate of drug-likeness (QED) is 0.564. The zero-order valence-corrected chi connectivity index (χ0v) is 20.9. The van der Waals surface area contributed by atoms with Crippen molar-refractivity contribution in [2.45, 2.75) is 33.4 Å². The Labute approximate surface area is 210 Å². The Bertz CT molecular complexity index is 1420. The molecule has 3 aromatic carbocycles. The van der Waals surface area contributed by atoms with Gasteiger partial charge in [0, 0.05) is 24.8 Å². The number of anilines is 2. The van der Waals surface area contributed by atoms with Crippen molar-refractivity contribution in [3.8, 4) is 0 Å². The Balaban J connectivity index is 1.54. The molecule has 0 radical (unpaired) electrons. The average molecular weight is 482 g/mol. The number of hydrogen-bond acceptors (Lipinski definition) is 4. The predicted octanol–water partition coefficient (Wildman–Crippen LogP) is 3.72. The molecule has 7 heteroatoms. The van der Waals surface area contributed by atoms with Gasteiger partial charge in [-0.15, -0.1) is 4.90 Å². The van der Waals surface area contributed by atoms with E-state index in [2.05, 4.69) is 5.32 Å². The van der Waals surface area contributed by atoms with E-state index in [0.717, 1.165) is 33.5 Å². The molecule has 0 saturated carbocycles. The van der Waals surface area contributed by atoms with Crippen LogP contribution in [0.3, 0.4) is 0 Å². The molecule has 2 aliphatic heterocycles. The van der Waals surface area contributed by atoms with Crippen LogP contribution in [0.25, 0.3) is 0 Å². The SMILES string of the molecule is Cc1ccc(CNC(=O)C[N+]2=C3c4cc(C)ccc4N(C)C3C(=O)N(c3cccc(C)c3)C2=O)cc1. The van der Waals surface area contributed by atoms with Gasteiger partial charge in [-0.3, -0.25) is 4.79 Å². The van der Waals surface area contributed by atoms with Crippen molar-refractivity contribution in [2.24, 2.45) is 0 Å². The van der Waals surface area contributed by atoms with Gasteiger partial charge < -0.3 is 10.2 Å². The second-order valence-electron chi connectivity index (χ2n) is 9.56. The molecule has 0 aromatic heterocycles. The molecule has 2 aliphatic rings. The first kappa shape index (κ1) is 23.5. The molecule has 1 atom stereocenters. The van der Waals surface area contributed by atoms with E-state index >= 15 is 0 Å². The molecular weight excluding hydrogens is 452 g/mol. The molecule has 1 unspecified atom stereocenters. The van der Waals surface area contributed by atoms with Gasteiger partial charge in [-0.2, -0.15) is 9.37 Å². The number of rotatable bonds is 5. The number of urea groups is 1. The van der Waals surface area contributed by atoms with Crippen molar-refractivity contribution in [1.29, 1.82) is 0 Å². The van der Waals surface area contributed by atoms with Crippen molar-refractivity contribution in [2.75, 3.05) is 23.4 Å². The summed E-state index contributed by atoms with van der Waals surface area (Å²) in [6.45, 7) is 6.07. The topological polar surface area (TPSA) is 72.7 Å². The summed E-state index contributed by atoms with van der Waals surface area (Å²) in [7, 11) is 1.85. The minimum atomic E-state index is -0.704. The molecule has 0 saturated heterocycles. The molecule has 3 aromatic rings. The fourth-order valence-corrected chi connectivity index (χ4v) is 4.91. The van der Waals surface area contributed by atoms with Crippen LogP contribution >= 0.6 is 0 Å². The third-order valence-electron chi connectivity index (χ3n) is 6.79. The maximum absolute atomic E-state index is 13.9. The molecule has 0 aliphatic carbocycles. The number of hydrogen-bond donors (Lipinski definition) is 1. The van der Waals surface area contributed by atoms with Gasteiger partial charge in [0.2, 0.25) is 0 Å². The maximum atomic E-state index is 13.9. The zero-order chi connectivity index (χ0) is 25.6. The summed E-state index contributed by atoms with van der Waals surface area (Å²) in [4.78, 5) is 43.8. The van der Waals surface area contributed by atoms with Crippen LogP contribution in [-0.2, 0) is 16.1 Å². The fraction of sp³-hybridized carbons (Fsp3) is 0.241. The van der Waals surface area contributed by atoms with E-state index in [9.17, 15) is 14.4 Å². The van der Waals surface area contributed by atoms with Gasteiger partial charge in [0.15, 0.2) is 18.3 Å². The lowest BCUT2D eigenvalue weighted by Crippen LogP contribution is -2.61. The lowest BCUT2D eigenvalue weighted by Gasteiger charge is -2.28. The van der Waals surface area contributed by atoms with Crippen LogP contribution < -0.4 is 15.1 Å². The first-order valence-corrected chi connectivity index (χ1v) is 12.0. The number of nitrogens with zero attached hydrogens (tertiary/aromatic N) is 3. The first-order valence-electron chi connectivity index (χ1n) is 12.0. The second kappa shape index (κ2) is 9.07. The minimum absolute atomic E-state index is 0.187. The third kappa shape index (κ3) is 4.06. The van der Waals surface area contributed by atoms with Crippen molar-refractivity contribution in [1.82, 2.24) is 5.32 Å². The third-order valence-corrected chi connectivity index (χ3v) is 6.79. The molecule has 0 bridgehead atoms. The van der Waals surface area contributed by atoms with Gasteiger partial charge in [0.25, 0.3) is 5.91 Å². The molecule has 2 heterocycles. The fourth-order valence-electron chi connectivity index (χ4n) is 4.91. The zero-order valence-electron chi connectivity index (χ0n) is 20.9. The summed E-state index contributed by atoms with van der Waals surface area (Å²) >= 11 is 0. The highest BCUT2D eigenvalue weighted by molar-refractivity contribution is 6.33. The van der Waals surface area contributed by atoms with Crippen LogP contribution in [0.15, 0.2) is 66.7 Å². The number of carbonyl (C=O) groups excluding carboxylic acids is 3. The number of carbonyl (C=O) groups is 3. The van der Waals surface area contributed by atoms with Crippen molar-refractivity contribution in [3.05, 3.63) is 94.5 Å². The molecule has 0 spiro atoms. The van der Waals surface area contributed by atoms with Gasteiger partial charge in [0.1, 0.15) is 5.69 Å². The van der Waals surface area contributed by atoms with Crippen molar-refractivity contribution < 1.29 is 19.0 Å². The molecule has 36 heavy (non-hydrogen) atoms. The van der Waals surface area contributed by atoms with Crippen molar-refractivity contribution in [3.63, 3.8) is 0 Å². The Morgan fingerprint density at radius 3 is 2.33 bits per heavy atom. The van der Waals surface area contributed by atoms with Crippen molar-refractivity contribution >= 4 is 34.9 Å². The number of benzene rings is 3. The Kier molecular flexibility index (Phi) is 5.92. The molecule has 4 amide bonds. The van der Waals surface area contributed by atoms with Crippen LogP contribution in [-0.4, -0.2) is 47.8 Å². The molecule has 7 nitrogen and oxygen atoms in total. The smallest absolute Gasteiger partial charge is 0.354 e. The summed E-state index contributed by atoms with van der Waals surface area (Å²) < 4.78 is 1.46. The lowest BCUT2D eigenvalue weighted by atomic mass is 10.0. The number of likely N-dealkylation sites (N-methyl/N-ethyl adjacent to an activating group) is 1. The Morgan fingerprint density at radius 1 is 0.917 bits per heavy atom. The monoisotopic (exact) mass is 481 g/mol. The normalized spacial score (nSPS) is 16.8. The van der Waals surface area contributed by atoms with Crippen LogP contribution in [0.5, 0.6) is 0 Å². The number of nitrogens with one attached hydrogen (secondary N) is 1. The van der Waals surface area contributed by atoms with Crippen LogP contribution in [0.1, 0.15) is 27.8 Å².